The van der Waals surface area contributed by atoms with Crippen LogP contribution in [-0.2, 0) is 4.79 Å². The van der Waals surface area contributed by atoms with Gasteiger partial charge in [-0.15, -0.1) is 0 Å². The summed E-state index contributed by atoms with van der Waals surface area (Å²) in [6.45, 7) is 1.70. The van der Waals surface area contributed by atoms with E-state index in [-0.39, 0.29) is 11.8 Å². The first-order valence-corrected chi connectivity index (χ1v) is 10.8. The zero-order chi connectivity index (χ0) is 21.6. The number of fused-ring (bicyclic) bond motifs is 1. The first-order valence-electron chi connectivity index (χ1n) is 10.4. The third-order valence-electron chi connectivity index (χ3n) is 6.11. The number of carbonyl (C=O) groups is 2. The Balaban J connectivity index is 1.30. The van der Waals surface area contributed by atoms with Gasteiger partial charge in [0.05, 0.1) is 16.1 Å². The molecule has 0 atom stereocenters. The lowest BCUT2D eigenvalue weighted by Crippen LogP contribution is -2.53. The van der Waals surface area contributed by atoms with Crippen LogP contribution in [-0.4, -0.2) is 63.5 Å². The van der Waals surface area contributed by atoms with Crippen molar-refractivity contribution in [1.29, 1.82) is 0 Å². The maximum absolute atomic E-state index is 13.0. The minimum Gasteiger partial charge on any atom is -0.380 e. The number of rotatable bonds is 3. The normalized spacial score (nSPS) is 17.6. The standard InChI is InChI=1S/C24H22ClN3O3/c25-20-15-17(16-4-6-21-18(14-16)2-1-9-26-21)3-5-19(20)22(29)27-10-12-28(13-11-27)23(30)24(31)7-8-24/h1-6,9,14-15,31H,7-8,10-13H2. The molecule has 1 aromatic heterocycles. The van der Waals surface area contributed by atoms with Crippen molar-refractivity contribution in [2.75, 3.05) is 26.2 Å². The van der Waals surface area contributed by atoms with Crippen LogP contribution >= 0.6 is 11.6 Å². The topological polar surface area (TPSA) is 73.7 Å². The van der Waals surface area contributed by atoms with Gasteiger partial charge in [0.25, 0.3) is 11.8 Å². The quantitative estimate of drug-likeness (QED) is 0.684. The summed E-state index contributed by atoms with van der Waals surface area (Å²) in [4.78, 5) is 33.0. The number of nitrogens with zero attached hydrogens (tertiary/aromatic N) is 3. The molecule has 2 amide bonds. The number of aliphatic hydroxyl groups is 1. The Kier molecular flexibility index (Phi) is 4.91. The lowest BCUT2D eigenvalue weighted by molar-refractivity contribution is -0.143. The van der Waals surface area contributed by atoms with Crippen LogP contribution in [0.15, 0.2) is 54.7 Å². The van der Waals surface area contributed by atoms with Gasteiger partial charge in [-0.25, -0.2) is 0 Å². The van der Waals surface area contributed by atoms with Gasteiger partial charge in [-0.3, -0.25) is 14.6 Å². The molecule has 6 nitrogen and oxygen atoms in total. The maximum atomic E-state index is 13.0. The minimum atomic E-state index is -1.16. The van der Waals surface area contributed by atoms with Crippen molar-refractivity contribution in [2.24, 2.45) is 0 Å². The molecule has 1 N–H and O–H groups in total. The number of piperazine rings is 1. The Morgan fingerprint density at radius 3 is 2.32 bits per heavy atom. The van der Waals surface area contributed by atoms with Crippen molar-refractivity contribution in [3.8, 4) is 11.1 Å². The van der Waals surface area contributed by atoms with Gasteiger partial charge in [-0.05, 0) is 54.3 Å². The van der Waals surface area contributed by atoms with Crippen molar-refractivity contribution in [1.82, 2.24) is 14.8 Å². The number of halogens is 1. The first-order chi connectivity index (χ1) is 14.9. The second-order valence-corrected chi connectivity index (χ2v) is 8.63. The number of carbonyl (C=O) groups excluding carboxylic acids is 2. The van der Waals surface area contributed by atoms with E-state index in [1.165, 1.54) is 0 Å². The monoisotopic (exact) mass is 435 g/mol. The van der Waals surface area contributed by atoms with E-state index in [9.17, 15) is 14.7 Å². The molecule has 31 heavy (non-hydrogen) atoms. The van der Waals surface area contributed by atoms with Gasteiger partial charge >= 0.3 is 0 Å². The molecule has 2 fully saturated rings. The van der Waals surface area contributed by atoms with Gasteiger partial charge < -0.3 is 14.9 Å². The molecule has 5 rings (SSSR count). The SMILES string of the molecule is O=C(c1ccc(-c2ccc3ncccc3c2)cc1Cl)N1CCN(C(=O)C2(O)CC2)CC1. The fraction of sp³-hybridized carbons (Fsp3) is 0.292. The highest BCUT2D eigenvalue weighted by atomic mass is 35.5. The molecule has 1 saturated heterocycles. The number of pyridine rings is 1. The van der Waals surface area contributed by atoms with E-state index < -0.39 is 5.60 Å². The fourth-order valence-electron chi connectivity index (χ4n) is 4.03. The van der Waals surface area contributed by atoms with Gasteiger partial charge in [-0.1, -0.05) is 29.8 Å². The Morgan fingerprint density at radius 2 is 1.61 bits per heavy atom. The van der Waals surface area contributed by atoms with E-state index in [4.69, 9.17) is 11.6 Å². The summed E-state index contributed by atoms with van der Waals surface area (Å²) in [6.07, 6.45) is 2.82. The molecule has 2 heterocycles. The van der Waals surface area contributed by atoms with Gasteiger partial charge in [0.2, 0.25) is 0 Å². The molecule has 0 radical (unpaired) electrons. The molecule has 7 heteroatoms. The molecule has 1 aliphatic heterocycles. The lowest BCUT2D eigenvalue weighted by atomic mass is 10.0. The average molecular weight is 436 g/mol. The zero-order valence-corrected chi connectivity index (χ0v) is 17.7. The third-order valence-corrected chi connectivity index (χ3v) is 6.42. The van der Waals surface area contributed by atoms with Crippen molar-refractivity contribution < 1.29 is 14.7 Å². The molecule has 2 aromatic carbocycles. The van der Waals surface area contributed by atoms with Crippen LogP contribution in [0.25, 0.3) is 22.0 Å². The smallest absolute Gasteiger partial charge is 0.255 e. The molecular weight excluding hydrogens is 414 g/mol. The zero-order valence-electron chi connectivity index (χ0n) is 16.9. The van der Waals surface area contributed by atoms with Crippen LogP contribution in [0.3, 0.4) is 0 Å². The number of aromatic nitrogens is 1. The van der Waals surface area contributed by atoms with Crippen LogP contribution in [0.4, 0.5) is 0 Å². The van der Waals surface area contributed by atoms with Crippen LogP contribution in [0.1, 0.15) is 23.2 Å². The highest BCUT2D eigenvalue weighted by Gasteiger charge is 2.50. The number of benzene rings is 2. The van der Waals surface area contributed by atoms with E-state index in [0.717, 1.165) is 22.0 Å². The highest BCUT2D eigenvalue weighted by Crippen LogP contribution is 2.37. The predicted molar refractivity (Wildman–Crippen MR) is 119 cm³/mol. The number of hydrogen-bond acceptors (Lipinski definition) is 4. The summed E-state index contributed by atoms with van der Waals surface area (Å²) in [5.74, 6) is -0.357. The molecule has 1 aliphatic carbocycles. The molecular formula is C24H22ClN3O3. The highest BCUT2D eigenvalue weighted by molar-refractivity contribution is 6.34. The fourth-order valence-corrected chi connectivity index (χ4v) is 4.29. The summed E-state index contributed by atoms with van der Waals surface area (Å²) in [5, 5.41) is 11.5. The Hall–Kier alpha value is -2.96. The summed E-state index contributed by atoms with van der Waals surface area (Å²) in [7, 11) is 0. The maximum Gasteiger partial charge on any atom is 0.255 e. The lowest BCUT2D eigenvalue weighted by Gasteiger charge is -2.36. The summed E-state index contributed by atoms with van der Waals surface area (Å²) < 4.78 is 0. The average Bonchev–Trinajstić information content (AvgIpc) is 3.56. The Bertz CT molecular complexity index is 1180. The molecule has 0 spiro atoms. The van der Waals surface area contributed by atoms with Crippen molar-refractivity contribution in [3.05, 3.63) is 65.3 Å². The van der Waals surface area contributed by atoms with E-state index in [0.29, 0.717) is 49.6 Å². The van der Waals surface area contributed by atoms with Gasteiger partial charge in [0.1, 0.15) is 5.60 Å². The van der Waals surface area contributed by atoms with Crippen LogP contribution in [0.5, 0.6) is 0 Å². The second-order valence-electron chi connectivity index (χ2n) is 8.22. The Labute approximate surface area is 185 Å². The van der Waals surface area contributed by atoms with Crippen molar-refractivity contribution in [3.63, 3.8) is 0 Å². The number of amides is 2. The summed E-state index contributed by atoms with van der Waals surface area (Å²) >= 11 is 6.50. The predicted octanol–water partition coefficient (Wildman–Crippen LogP) is 3.36. The van der Waals surface area contributed by atoms with E-state index in [1.54, 1.807) is 22.1 Å². The van der Waals surface area contributed by atoms with Crippen LogP contribution in [0, 0.1) is 0 Å². The van der Waals surface area contributed by atoms with E-state index in [1.807, 2.05) is 36.4 Å². The van der Waals surface area contributed by atoms with E-state index in [2.05, 4.69) is 11.1 Å². The molecule has 158 valence electrons. The van der Waals surface area contributed by atoms with Crippen molar-refractivity contribution >= 4 is 34.3 Å². The Morgan fingerprint density at radius 1 is 0.935 bits per heavy atom. The van der Waals surface area contributed by atoms with Crippen LogP contribution < -0.4 is 0 Å². The van der Waals surface area contributed by atoms with Gasteiger partial charge in [-0.2, -0.15) is 0 Å². The largest absolute Gasteiger partial charge is 0.380 e. The second kappa shape index (κ2) is 7.62. The molecule has 0 bridgehead atoms. The summed E-state index contributed by atoms with van der Waals surface area (Å²) in [6, 6.07) is 15.4. The van der Waals surface area contributed by atoms with E-state index >= 15 is 0 Å². The van der Waals surface area contributed by atoms with Crippen molar-refractivity contribution in [2.45, 2.75) is 18.4 Å². The minimum absolute atomic E-state index is 0.142. The molecule has 3 aromatic rings. The molecule has 0 unspecified atom stereocenters. The van der Waals surface area contributed by atoms with Gasteiger partial charge in [0, 0.05) is 37.8 Å². The third kappa shape index (κ3) is 3.77. The molecule has 2 aliphatic rings. The first kappa shape index (κ1) is 20.0. The number of hydrogen-bond donors (Lipinski definition) is 1. The van der Waals surface area contributed by atoms with Crippen LogP contribution in [0.2, 0.25) is 5.02 Å². The molecule has 1 saturated carbocycles. The summed E-state index contributed by atoms with van der Waals surface area (Å²) in [5.41, 5.74) is 2.15. The van der Waals surface area contributed by atoms with Gasteiger partial charge in [0.15, 0.2) is 0 Å².